The van der Waals surface area contributed by atoms with E-state index in [-0.39, 0.29) is 0 Å². The number of alkyl halides is 2. The molecule has 0 saturated heterocycles. The summed E-state index contributed by atoms with van der Waals surface area (Å²) in [4.78, 5) is 11.6. The van der Waals surface area contributed by atoms with E-state index in [1.54, 1.807) is 7.05 Å². The Morgan fingerprint density at radius 2 is 1.94 bits per heavy atom. The Balaban J connectivity index is 2.51. The lowest BCUT2D eigenvalue weighted by atomic mass is 10.1. The fourth-order valence-electron chi connectivity index (χ4n) is 1.48. The van der Waals surface area contributed by atoms with Crippen molar-refractivity contribution in [2.75, 3.05) is 13.6 Å². The quantitative estimate of drug-likeness (QED) is 0.787. The molecule has 1 unspecified atom stereocenters. The highest BCUT2D eigenvalue weighted by atomic mass is 19.3. The van der Waals surface area contributed by atoms with Crippen LogP contribution in [0.4, 0.5) is 8.78 Å². The standard InChI is InChI=1S/C12H16F2N2O/c1-15-10(12(17)16-8-11(13)14)7-9-5-3-2-4-6-9/h2-6,10-11,15H,7-8H2,1H3,(H,16,17). The van der Waals surface area contributed by atoms with Crippen LogP contribution in [0.25, 0.3) is 0 Å². The minimum Gasteiger partial charge on any atom is -0.349 e. The molecule has 0 aromatic heterocycles. The zero-order chi connectivity index (χ0) is 12.7. The number of nitrogens with one attached hydrogen (secondary N) is 2. The Morgan fingerprint density at radius 3 is 2.47 bits per heavy atom. The van der Waals surface area contributed by atoms with Gasteiger partial charge in [-0.1, -0.05) is 30.3 Å². The van der Waals surface area contributed by atoms with Crippen molar-refractivity contribution < 1.29 is 13.6 Å². The van der Waals surface area contributed by atoms with Crippen LogP contribution in [0.2, 0.25) is 0 Å². The van der Waals surface area contributed by atoms with Gasteiger partial charge in [-0.25, -0.2) is 8.78 Å². The molecule has 0 aliphatic heterocycles. The highest BCUT2D eigenvalue weighted by Crippen LogP contribution is 2.03. The van der Waals surface area contributed by atoms with Gasteiger partial charge in [0.1, 0.15) is 0 Å². The van der Waals surface area contributed by atoms with Crippen molar-refractivity contribution >= 4 is 5.91 Å². The molecular formula is C12H16F2N2O. The average Bonchev–Trinajstić information content (AvgIpc) is 2.34. The van der Waals surface area contributed by atoms with Gasteiger partial charge in [-0.2, -0.15) is 0 Å². The molecule has 1 atom stereocenters. The van der Waals surface area contributed by atoms with E-state index < -0.39 is 24.9 Å². The fraction of sp³-hybridized carbons (Fsp3) is 0.417. The third-order valence-electron chi connectivity index (χ3n) is 2.38. The molecular weight excluding hydrogens is 226 g/mol. The summed E-state index contributed by atoms with van der Waals surface area (Å²) in [6.45, 7) is -0.605. The molecule has 5 heteroatoms. The molecule has 0 saturated carbocycles. The molecule has 1 aromatic rings. The molecule has 94 valence electrons. The third-order valence-corrected chi connectivity index (χ3v) is 2.38. The predicted octanol–water partition coefficient (Wildman–Crippen LogP) is 1.20. The Bertz CT molecular complexity index is 344. The summed E-state index contributed by atoms with van der Waals surface area (Å²) >= 11 is 0. The molecule has 17 heavy (non-hydrogen) atoms. The van der Waals surface area contributed by atoms with Gasteiger partial charge in [0, 0.05) is 0 Å². The van der Waals surface area contributed by atoms with Gasteiger partial charge in [0.2, 0.25) is 5.91 Å². The lowest BCUT2D eigenvalue weighted by Gasteiger charge is -2.15. The lowest BCUT2D eigenvalue weighted by Crippen LogP contribution is -2.45. The summed E-state index contributed by atoms with van der Waals surface area (Å²) in [5, 5.41) is 5.02. The maximum absolute atomic E-state index is 12.0. The van der Waals surface area contributed by atoms with Gasteiger partial charge in [0.05, 0.1) is 12.6 Å². The number of carbonyl (C=O) groups excluding carboxylic acids is 1. The average molecular weight is 242 g/mol. The Labute approximate surface area is 99.2 Å². The minimum absolute atomic E-state index is 0.406. The second-order valence-corrected chi connectivity index (χ2v) is 3.67. The Morgan fingerprint density at radius 1 is 1.29 bits per heavy atom. The van der Waals surface area contributed by atoms with E-state index in [1.807, 2.05) is 30.3 Å². The zero-order valence-electron chi connectivity index (χ0n) is 9.62. The molecule has 0 bridgehead atoms. The fourth-order valence-corrected chi connectivity index (χ4v) is 1.48. The van der Waals surface area contributed by atoms with Crippen molar-refractivity contribution in [2.45, 2.75) is 18.9 Å². The van der Waals surface area contributed by atoms with E-state index in [9.17, 15) is 13.6 Å². The van der Waals surface area contributed by atoms with Crippen LogP contribution in [0.1, 0.15) is 5.56 Å². The van der Waals surface area contributed by atoms with Crippen LogP contribution >= 0.6 is 0 Å². The molecule has 2 N–H and O–H groups in total. The third kappa shape index (κ3) is 4.91. The van der Waals surface area contributed by atoms with Crippen molar-refractivity contribution in [2.24, 2.45) is 0 Å². The Kier molecular flexibility index (Phi) is 5.56. The summed E-state index contributed by atoms with van der Waals surface area (Å²) in [7, 11) is 1.63. The van der Waals surface area contributed by atoms with Crippen LogP contribution in [0.3, 0.4) is 0 Å². The first-order chi connectivity index (χ1) is 8.13. The molecule has 0 aliphatic carbocycles. The van der Waals surface area contributed by atoms with Crippen LogP contribution in [0, 0.1) is 0 Å². The van der Waals surface area contributed by atoms with Crippen LogP contribution in [-0.2, 0) is 11.2 Å². The summed E-state index contributed by atoms with van der Waals surface area (Å²) in [5.74, 6) is -0.406. The molecule has 0 aliphatic rings. The van der Waals surface area contributed by atoms with Crippen molar-refractivity contribution in [3.05, 3.63) is 35.9 Å². The van der Waals surface area contributed by atoms with E-state index in [1.165, 1.54) is 0 Å². The van der Waals surface area contributed by atoms with Crippen LogP contribution in [-0.4, -0.2) is 32.0 Å². The number of carbonyl (C=O) groups is 1. The SMILES string of the molecule is CNC(Cc1ccccc1)C(=O)NCC(F)F. The zero-order valence-corrected chi connectivity index (χ0v) is 9.62. The molecule has 0 radical (unpaired) electrons. The topological polar surface area (TPSA) is 41.1 Å². The molecule has 3 nitrogen and oxygen atoms in total. The monoisotopic (exact) mass is 242 g/mol. The number of rotatable bonds is 6. The van der Waals surface area contributed by atoms with E-state index in [4.69, 9.17) is 0 Å². The van der Waals surface area contributed by atoms with E-state index >= 15 is 0 Å². The number of hydrogen-bond acceptors (Lipinski definition) is 2. The van der Waals surface area contributed by atoms with Gasteiger partial charge in [0.25, 0.3) is 6.43 Å². The number of amides is 1. The number of likely N-dealkylation sites (N-methyl/N-ethyl adjacent to an activating group) is 1. The van der Waals surface area contributed by atoms with Crippen molar-refractivity contribution in [3.63, 3.8) is 0 Å². The normalized spacial score (nSPS) is 12.5. The highest BCUT2D eigenvalue weighted by Gasteiger charge is 2.17. The van der Waals surface area contributed by atoms with E-state index in [0.29, 0.717) is 6.42 Å². The van der Waals surface area contributed by atoms with Gasteiger partial charge < -0.3 is 10.6 Å². The van der Waals surface area contributed by atoms with Gasteiger partial charge in [-0.15, -0.1) is 0 Å². The molecule has 0 fully saturated rings. The van der Waals surface area contributed by atoms with Crippen LogP contribution < -0.4 is 10.6 Å². The van der Waals surface area contributed by atoms with Crippen molar-refractivity contribution in [1.82, 2.24) is 10.6 Å². The van der Waals surface area contributed by atoms with Gasteiger partial charge in [0.15, 0.2) is 0 Å². The molecule has 1 amide bonds. The van der Waals surface area contributed by atoms with E-state index in [0.717, 1.165) is 5.56 Å². The summed E-state index contributed by atoms with van der Waals surface area (Å²) < 4.78 is 23.9. The maximum Gasteiger partial charge on any atom is 0.255 e. The maximum atomic E-state index is 12.0. The van der Waals surface area contributed by atoms with Crippen molar-refractivity contribution in [3.8, 4) is 0 Å². The first-order valence-corrected chi connectivity index (χ1v) is 5.40. The predicted molar refractivity (Wildman–Crippen MR) is 62.0 cm³/mol. The number of hydrogen-bond donors (Lipinski definition) is 2. The smallest absolute Gasteiger partial charge is 0.255 e. The number of halogens is 2. The first kappa shape index (κ1) is 13.6. The summed E-state index contributed by atoms with van der Waals surface area (Å²) in [6.07, 6.45) is -2.04. The Hall–Kier alpha value is -1.49. The van der Waals surface area contributed by atoms with Gasteiger partial charge in [-0.3, -0.25) is 4.79 Å². The van der Waals surface area contributed by atoms with Crippen LogP contribution in [0.5, 0.6) is 0 Å². The second kappa shape index (κ2) is 6.96. The molecule has 1 aromatic carbocycles. The molecule has 0 heterocycles. The summed E-state index contributed by atoms with van der Waals surface area (Å²) in [5.41, 5.74) is 0.985. The van der Waals surface area contributed by atoms with Crippen LogP contribution in [0.15, 0.2) is 30.3 Å². The van der Waals surface area contributed by atoms with Gasteiger partial charge in [-0.05, 0) is 19.0 Å². The van der Waals surface area contributed by atoms with Crippen molar-refractivity contribution in [1.29, 1.82) is 0 Å². The largest absolute Gasteiger partial charge is 0.349 e. The lowest BCUT2D eigenvalue weighted by molar-refractivity contribution is -0.123. The molecule has 1 rings (SSSR count). The number of benzene rings is 1. The highest BCUT2D eigenvalue weighted by molar-refractivity contribution is 5.82. The van der Waals surface area contributed by atoms with Gasteiger partial charge >= 0.3 is 0 Å². The first-order valence-electron chi connectivity index (χ1n) is 5.40. The second-order valence-electron chi connectivity index (χ2n) is 3.67. The van der Waals surface area contributed by atoms with E-state index in [2.05, 4.69) is 10.6 Å². The minimum atomic E-state index is -2.52. The summed E-state index contributed by atoms with van der Waals surface area (Å²) in [6, 6.07) is 8.93. The molecule has 0 spiro atoms.